The van der Waals surface area contributed by atoms with E-state index in [0.29, 0.717) is 11.4 Å². The van der Waals surface area contributed by atoms with Crippen LogP contribution >= 0.6 is 0 Å². The Balaban J connectivity index is 1.97. The minimum Gasteiger partial charge on any atom is -0.399 e. The number of nitrogens with one attached hydrogen (secondary N) is 1. The Morgan fingerprint density at radius 1 is 1.53 bits per heavy atom. The fourth-order valence-electron chi connectivity index (χ4n) is 1.62. The molecule has 0 aliphatic carbocycles. The Morgan fingerprint density at radius 2 is 2.37 bits per heavy atom. The molecule has 0 aliphatic rings. The summed E-state index contributed by atoms with van der Waals surface area (Å²) in [5.74, 6) is -0.196. The first-order valence-corrected chi connectivity index (χ1v) is 6.04. The van der Waals surface area contributed by atoms with Crippen molar-refractivity contribution in [1.82, 2.24) is 9.78 Å². The molecule has 2 rings (SSSR count). The molecule has 1 heterocycles. The van der Waals surface area contributed by atoms with Gasteiger partial charge in [-0.2, -0.15) is 5.10 Å². The molecule has 1 aromatic carbocycles. The number of carbonyl (C=O) groups excluding carboxylic acids is 1. The predicted molar refractivity (Wildman–Crippen MR) is 76.4 cm³/mol. The average Bonchev–Trinajstić information content (AvgIpc) is 2.84. The maximum atomic E-state index is 11.7. The first-order valence-electron chi connectivity index (χ1n) is 6.04. The lowest BCUT2D eigenvalue weighted by atomic mass is 10.2. The van der Waals surface area contributed by atoms with Gasteiger partial charge in [0.25, 0.3) is 0 Å². The van der Waals surface area contributed by atoms with Crippen LogP contribution in [0.25, 0.3) is 6.08 Å². The molecule has 19 heavy (non-hydrogen) atoms. The lowest BCUT2D eigenvalue weighted by molar-refractivity contribution is -0.111. The lowest BCUT2D eigenvalue weighted by Crippen LogP contribution is -2.06. The van der Waals surface area contributed by atoms with E-state index in [2.05, 4.69) is 10.4 Å². The zero-order valence-electron chi connectivity index (χ0n) is 10.7. The van der Waals surface area contributed by atoms with Crippen LogP contribution < -0.4 is 11.1 Å². The van der Waals surface area contributed by atoms with E-state index in [9.17, 15) is 4.79 Å². The van der Waals surface area contributed by atoms with Gasteiger partial charge in [-0.25, -0.2) is 0 Å². The van der Waals surface area contributed by atoms with Crippen LogP contribution in [0.1, 0.15) is 12.5 Å². The zero-order valence-corrected chi connectivity index (χ0v) is 10.7. The third-order valence-electron chi connectivity index (χ3n) is 2.56. The molecule has 98 valence electrons. The number of hydrogen-bond acceptors (Lipinski definition) is 3. The summed E-state index contributed by atoms with van der Waals surface area (Å²) in [6, 6.07) is 7.34. The number of amides is 1. The van der Waals surface area contributed by atoms with Crippen LogP contribution in [0.3, 0.4) is 0 Å². The fourth-order valence-corrected chi connectivity index (χ4v) is 1.62. The van der Waals surface area contributed by atoms with Crippen LogP contribution in [0.2, 0.25) is 0 Å². The summed E-state index contributed by atoms with van der Waals surface area (Å²) in [7, 11) is 0. The van der Waals surface area contributed by atoms with Crippen LogP contribution in [0.15, 0.2) is 42.7 Å². The van der Waals surface area contributed by atoms with Crippen molar-refractivity contribution in [3.8, 4) is 0 Å². The molecule has 0 bridgehead atoms. The summed E-state index contributed by atoms with van der Waals surface area (Å²) in [6.45, 7) is 2.76. The van der Waals surface area contributed by atoms with Crippen LogP contribution in [-0.2, 0) is 11.3 Å². The van der Waals surface area contributed by atoms with Gasteiger partial charge in [-0.1, -0.05) is 12.1 Å². The number of aryl methyl sites for hydroxylation is 1. The summed E-state index contributed by atoms with van der Waals surface area (Å²) in [5, 5.41) is 6.82. The van der Waals surface area contributed by atoms with Gasteiger partial charge < -0.3 is 11.1 Å². The van der Waals surface area contributed by atoms with E-state index in [4.69, 9.17) is 5.73 Å². The van der Waals surface area contributed by atoms with Crippen molar-refractivity contribution in [2.24, 2.45) is 0 Å². The molecule has 0 atom stereocenters. The first kappa shape index (κ1) is 12.9. The number of hydrogen-bond donors (Lipinski definition) is 2. The number of nitrogens with zero attached hydrogens (tertiary/aromatic N) is 2. The number of benzene rings is 1. The zero-order chi connectivity index (χ0) is 13.7. The van der Waals surface area contributed by atoms with E-state index in [0.717, 1.165) is 12.1 Å². The minimum atomic E-state index is -0.196. The Morgan fingerprint density at radius 3 is 3.05 bits per heavy atom. The van der Waals surface area contributed by atoms with Crippen molar-refractivity contribution >= 4 is 23.4 Å². The molecule has 0 saturated carbocycles. The van der Waals surface area contributed by atoms with Gasteiger partial charge in [-0.3, -0.25) is 9.48 Å². The highest BCUT2D eigenvalue weighted by Crippen LogP contribution is 2.09. The second-order valence-corrected chi connectivity index (χ2v) is 4.08. The van der Waals surface area contributed by atoms with E-state index in [1.807, 2.05) is 19.1 Å². The number of aromatic nitrogens is 2. The summed E-state index contributed by atoms with van der Waals surface area (Å²) >= 11 is 0. The molecule has 0 saturated heterocycles. The summed E-state index contributed by atoms with van der Waals surface area (Å²) in [5.41, 5.74) is 7.91. The van der Waals surface area contributed by atoms with E-state index in [-0.39, 0.29) is 5.91 Å². The van der Waals surface area contributed by atoms with Crippen molar-refractivity contribution in [1.29, 1.82) is 0 Å². The van der Waals surface area contributed by atoms with Crippen LogP contribution in [0.4, 0.5) is 11.4 Å². The Labute approximate surface area is 111 Å². The molecule has 5 heteroatoms. The molecular formula is C14H16N4O. The number of rotatable bonds is 4. The number of anilines is 2. The topological polar surface area (TPSA) is 72.9 Å². The van der Waals surface area contributed by atoms with Gasteiger partial charge in [-0.05, 0) is 30.7 Å². The normalized spacial score (nSPS) is 10.8. The highest BCUT2D eigenvalue weighted by atomic mass is 16.1. The quantitative estimate of drug-likeness (QED) is 0.650. The van der Waals surface area contributed by atoms with Gasteiger partial charge in [0.15, 0.2) is 0 Å². The van der Waals surface area contributed by atoms with Gasteiger partial charge >= 0.3 is 0 Å². The van der Waals surface area contributed by atoms with Crippen molar-refractivity contribution in [3.63, 3.8) is 0 Å². The second kappa shape index (κ2) is 5.86. The standard InChI is InChI=1S/C14H16N4O/c1-2-18-10-13(9-16-18)17-14(19)7-6-11-4-3-5-12(15)8-11/h3-10H,2,15H2,1H3,(H,17,19)/b7-6+. The van der Waals surface area contributed by atoms with E-state index < -0.39 is 0 Å². The van der Waals surface area contributed by atoms with E-state index in [1.54, 1.807) is 35.3 Å². The summed E-state index contributed by atoms with van der Waals surface area (Å²) < 4.78 is 1.75. The van der Waals surface area contributed by atoms with Crippen molar-refractivity contribution in [2.45, 2.75) is 13.5 Å². The Hall–Kier alpha value is -2.56. The number of nitrogen functional groups attached to an aromatic ring is 1. The Bertz CT molecular complexity index is 601. The monoisotopic (exact) mass is 256 g/mol. The summed E-state index contributed by atoms with van der Waals surface area (Å²) in [4.78, 5) is 11.7. The molecule has 5 nitrogen and oxygen atoms in total. The van der Waals surface area contributed by atoms with Crippen molar-refractivity contribution in [2.75, 3.05) is 11.1 Å². The second-order valence-electron chi connectivity index (χ2n) is 4.08. The highest BCUT2D eigenvalue weighted by molar-refractivity contribution is 6.01. The molecule has 1 aromatic heterocycles. The van der Waals surface area contributed by atoms with E-state index >= 15 is 0 Å². The van der Waals surface area contributed by atoms with Gasteiger partial charge in [0.1, 0.15) is 0 Å². The molecule has 0 fully saturated rings. The van der Waals surface area contributed by atoms with Crippen LogP contribution in [0.5, 0.6) is 0 Å². The molecule has 3 N–H and O–H groups in total. The van der Waals surface area contributed by atoms with E-state index in [1.165, 1.54) is 6.08 Å². The van der Waals surface area contributed by atoms with Gasteiger partial charge in [0, 0.05) is 24.5 Å². The molecule has 0 radical (unpaired) electrons. The fraction of sp³-hybridized carbons (Fsp3) is 0.143. The lowest BCUT2D eigenvalue weighted by Gasteiger charge is -1.98. The number of nitrogens with two attached hydrogens (primary N) is 1. The largest absolute Gasteiger partial charge is 0.399 e. The molecule has 1 amide bonds. The van der Waals surface area contributed by atoms with Crippen LogP contribution in [-0.4, -0.2) is 15.7 Å². The molecule has 0 aliphatic heterocycles. The van der Waals surface area contributed by atoms with Crippen molar-refractivity contribution < 1.29 is 4.79 Å². The average molecular weight is 256 g/mol. The molecule has 2 aromatic rings. The SMILES string of the molecule is CCn1cc(NC(=O)/C=C/c2cccc(N)c2)cn1. The van der Waals surface area contributed by atoms with Gasteiger partial charge in [0.2, 0.25) is 5.91 Å². The van der Waals surface area contributed by atoms with Crippen LogP contribution in [0, 0.1) is 0 Å². The molecule has 0 unspecified atom stereocenters. The number of carbonyl (C=O) groups is 1. The third-order valence-corrected chi connectivity index (χ3v) is 2.56. The summed E-state index contributed by atoms with van der Waals surface area (Å²) in [6.07, 6.45) is 6.59. The van der Waals surface area contributed by atoms with Gasteiger partial charge in [-0.15, -0.1) is 0 Å². The maximum absolute atomic E-state index is 11.7. The minimum absolute atomic E-state index is 0.196. The maximum Gasteiger partial charge on any atom is 0.248 e. The third kappa shape index (κ3) is 3.70. The highest BCUT2D eigenvalue weighted by Gasteiger charge is 2.00. The Kier molecular flexibility index (Phi) is 3.97. The first-order chi connectivity index (χ1) is 9.17. The van der Waals surface area contributed by atoms with Crippen molar-refractivity contribution in [3.05, 3.63) is 48.3 Å². The van der Waals surface area contributed by atoms with Gasteiger partial charge in [0.05, 0.1) is 11.9 Å². The molecular weight excluding hydrogens is 240 g/mol. The molecule has 0 spiro atoms. The smallest absolute Gasteiger partial charge is 0.248 e. The predicted octanol–water partition coefficient (Wildman–Crippen LogP) is 2.14.